The van der Waals surface area contributed by atoms with Crippen molar-refractivity contribution in [3.63, 3.8) is 0 Å². The van der Waals surface area contributed by atoms with Crippen LogP contribution in [0.5, 0.6) is 0 Å². The van der Waals surface area contributed by atoms with E-state index in [9.17, 15) is 4.79 Å². The predicted octanol–water partition coefficient (Wildman–Crippen LogP) is 1.13. The van der Waals surface area contributed by atoms with Crippen LogP contribution in [0, 0.1) is 0 Å². The van der Waals surface area contributed by atoms with Gasteiger partial charge >= 0.3 is 5.97 Å². The van der Waals surface area contributed by atoms with Crippen molar-refractivity contribution in [2.45, 2.75) is 38.4 Å². The molecular weight excluding hydrogens is 184 g/mol. The lowest BCUT2D eigenvalue weighted by Crippen LogP contribution is -2.40. The van der Waals surface area contributed by atoms with Crippen LogP contribution < -0.4 is 0 Å². The van der Waals surface area contributed by atoms with Gasteiger partial charge in [-0.25, -0.2) is 4.79 Å². The zero-order valence-electron chi connectivity index (χ0n) is 8.82. The molecule has 0 aromatic rings. The van der Waals surface area contributed by atoms with Gasteiger partial charge in [0.15, 0.2) is 6.10 Å². The van der Waals surface area contributed by atoms with Crippen LogP contribution in [0.15, 0.2) is 0 Å². The van der Waals surface area contributed by atoms with E-state index in [1.165, 1.54) is 7.11 Å². The van der Waals surface area contributed by atoms with E-state index in [4.69, 9.17) is 14.2 Å². The highest BCUT2D eigenvalue weighted by atomic mass is 16.6. The monoisotopic (exact) mass is 202 g/mol. The third-order valence-electron chi connectivity index (χ3n) is 2.33. The molecule has 0 aromatic heterocycles. The van der Waals surface area contributed by atoms with Gasteiger partial charge in [-0.1, -0.05) is 0 Å². The molecule has 82 valence electrons. The summed E-state index contributed by atoms with van der Waals surface area (Å²) in [5.74, 6) is -0.318. The molecule has 2 unspecified atom stereocenters. The first-order chi connectivity index (χ1) is 6.79. The zero-order valence-corrected chi connectivity index (χ0v) is 8.82. The molecule has 0 spiro atoms. The topological polar surface area (TPSA) is 44.8 Å². The second-order valence-corrected chi connectivity index (χ2v) is 3.31. The summed E-state index contributed by atoms with van der Waals surface area (Å²) in [5.41, 5.74) is 0. The fraction of sp³-hybridized carbons (Fsp3) is 0.900. The van der Waals surface area contributed by atoms with Gasteiger partial charge in [-0.05, 0) is 26.2 Å². The van der Waals surface area contributed by atoms with Crippen LogP contribution in [0.3, 0.4) is 0 Å². The SMILES string of the molecule is CCOC(=O)C(OC)C1CCCCO1. The van der Waals surface area contributed by atoms with Crippen LogP contribution >= 0.6 is 0 Å². The molecule has 0 N–H and O–H groups in total. The van der Waals surface area contributed by atoms with Gasteiger partial charge in [0.2, 0.25) is 0 Å². The highest BCUT2D eigenvalue weighted by Crippen LogP contribution is 2.18. The summed E-state index contributed by atoms with van der Waals surface area (Å²) in [6.07, 6.45) is 2.33. The van der Waals surface area contributed by atoms with Crippen molar-refractivity contribution in [3.8, 4) is 0 Å². The third kappa shape index (κ3) is 2.96. The predicted molar refractivity (Wildman–Crippen MR) is 51.0 cm³/mol. The van der Waals surface area contributed by atoms with E-state index in [2.05, 4.69) is 0 Å². The van der Waals surface area contributed by atoms with Crippen molar-refractivity contribution < 1.29 is 19.0 Å². The van der Waals surface area contributed by atoms with Crippen molar-refractivity contribution in [1.82, 2.24) is 0 Å². The number of carbonyl (C=O) groups is 1. The van der Waals surface area contributed by atoms with Gasteiger partial charge in [0.05, 0.1) is 12.7 Å². The zero-order chi connectivity index (χ0) is 10.4. The second kappa shape index (κ2) is 5.98. The van der Waals surface area contributed by atoms with Crippen LogP contribution in [-0.2, 0) is 19.0 Å². The molecule has 0 radical (unpaired) electrons. The molecule has 0 aromatic carbocycles. The lowest BCUT2D eigenvalue weighted by atomic mass is 10.0. The summed E-state index contributed by atoms with van der Waals surface area (Å²) in [6, 6.07) is 0. The molecule has 0 amide bonds. The molecule has 4 nitrogen and oxygen atoms in total. The maximum atomic E-state index is 11.4. The van der Waals surface area contributed by atoms with E-state index >= 15 is 0 Å². The Bertz CT molecular complexity index is 175. The van der Waals surface area contributed by atoms with Crippen molar-refractivity contribution in [3.05, 3.63) is 0 Å². The molecule has 1 aliphatic heterocycles. The highest BCUT2D eigenvalue weighted by Gasteiger charge is 2.31. The Balaban J connectivity index is 2.46. The molecular formula is C10H18O4. The minimum absolute atomic E-state index is 0.132. The Kier molecular flexibility index (Phi) is 4.90. The average Bonchev–Trinajstić information content (AvgIpc) is 2.21. The summed E-state index contributed by atoms with van der Waals surface area (Å²) in [7, 11) is 1.51. The van der Waals surface area contributed by atoms with Crippen LogP contribution in [0.4, 0.5) is 0 Å². The summed E-state index contributed by atoms with van der Waals surface area (Å²) >= 11 is 0. The third-order valence-corrected chi connectivity index (χ3v) is 2.33. The van der Waals surface area contributed by atoms with E-state index < -0.39 is 6.10 Å². The van der Waals surface area contributed by atoms with Gasteiger partial charge < -0.3 is 14.2 Å². The smallest absolute Gasteiger partial charge is 0.337 e. The Hall–Kier alpha value is -0.610. The number of ether oxygens (including phenoxy) is 3. The van der Waals surface area contributed by atoms with E-state index in [0.717, 1.165) is 19.3 Å². The lowest BCUT2D eigenvalue weighted by Gasteiger charge is -2.27. The average molecular weight is 202 g/mol. The first-order valence-corrected chi connectivity index (χ1v) is 5.10. The second-order valence-electron chi connectivity index (χ2n) is 3.31. The van der Waals surface area contributed by atoms with Gasteiger partial charge in [-0.15, -0.1) is 0 Å². The summed E-state index contributed by atoms with van der Waals surface area (Å²) in [4.78, 5) is 11.4. The molecule has 14 heavy (non-hydrogen) atoms. The molecule has 1 saturated heterocycles. The van der Waals surface area contributed by atoms with Crippen LogP contribution in [0.1, 0.15) is 26.2 Å². The number of methoxy groups -OCH3 is 1. The summed E-state index contributed by atoms with van der Waals surface area (Å²) in [5, 5.41) is 0. The minimum Gasteiger partial charge on any atom is -0.464 e. The van der Waals surface area contributed by atoms with Gasteiger partial charge in [0, 0.05) is 13.7 Å². The largest absolute Gasteiger partial charge is 0.464 e. The minimum atomic E-state index is -0.560. The van der Waals surface area contributed by atoms with E-state index in [1.807, 2.05) is 0 Å². The van der Waals surface area contributed by atoms with Crippen molar-refractivity contribution >= 4 is 5.97 Å². The Morgan fingerprint density at radius 3 is 2.86 bits per heavy atom. The molecule has 1 heterocycles. The quantitative estimate of drug-likeness (QED) is 0.641. The number of rotatable bonds is 4. The number of carbonyl (C=O) groups excluding carboxylic acids is 1. The molecule has 0 aliphatic carbocycles. The summed E-state index contributed by atoms with van der Waals surface area (Å²) in [6.45, 7) is 2.88. The van der Waals surface area contributed by atoms with Gasteiger partial charge in [0.25, 0.3) is 0 Å². The maximum Gasteiger partial charge on any atom is 0.337 e. The Morgan fingerprint density at radius 1 is 1.57 bits per heavy atom. The molecule has 2 atom stereocenters. The maximum absolute atomic E-state index is 11.4. The van der Waals surface area contributed by atoms with Gasteiger partial charge in [-0.2, -0.15) is 0 Å². The summed E-state index contributed by atoms with van der Waals surface area (Å²) < 4.78 is 15.5. The fourth-order valence-electron chi connectivity index (χ4n) is 1.63. The molecule has 1 fully saturated rings. The number of esters is 1. The Morgan fingerprint density at radius 2 is 2.36 bits per heavy atom. The highest BCUT2D eigenvalue weighted by molar-refractivity contribution is 5.75. The lowest BCUT2D eigenvalue weighted by molar-refractivity contribution is -0.167. The first-order valence-electron chi connectivity index (χ1n) is 5.10. The first kappa shape index (κ1) is 11.5. The molecule has 1 aliphatic rings. The fourth-order valence-corrected chi connectivity index (χ4v) is 1.63. The van der Waals surface area contributed by atoms with E-state index in [-0.39, 0.29) is 12.1 Å². The van der Waals surface area contributed by atoms with Crippen LogP contribution in [0.25, 0.3) is 0 Å². The molecule has 1 rings (SSSR count). The Labute approximate surface area is 84.5 Å². The number of hydrogen-bond donors (Lipinski definition) is 0. The van der Waals surface area contributed by atoms with Gasteiger partial charge in [-0.3, -0.25) is 0 Å². The van der Waals surface area contributed by atoms with Crippen LogP contribution in [-0.4, -0.2) is 38.5 Å². The molecule has 0 bridgehead atoms. The van der Waals surface area contributed by atoms with Gasteiger partial charge in [0.1, 0.15) is 0 Å². The standard InChI is InChI=1S/C10H18O4/c1-3-13-10(11)9(12-2)8-6-4-5-7-14-8/h8-9H,3-7H2,1-2H3. The normalized spacial score (nSPS) is 24.3. The van der Waals surface area contributed by atoms with Crippen molar-refractivity contribution in [2.24, 2.45) is 0 Å². The van der Waals surface area contributed by atoms with Crippen molar-refractivity contribution in [2.75, 3.05) is 20.3 Å². The molecule has 4 heteroatoms. The number of hydrogen-bond acceptors (Lipinski definition) is 4. The van der Waals surface area contributed by atoms with E-state index in [1.54, 1.807) is 6.92 Å². The van der Waals surface area contributed by atoms with E-state index in [0.29, 0.717) is 13.2 Å². The van der Waals surface area contributed by atoms with Crippen molar-refractivity contribution in [1.29, 1.82) is 0 Å². The van der Waals surface area contributed by atoms with Crippen LogP contribution in [0.2, 0.25) is 0 Å². The molecule has 0 saturated carbocycles.